The fourth-order valence-corrected chi connectivity index (χ4v) is 3.15. The van der Waals surface area contributed by atoms with Crippen molar-refractivity contribution in [2.45, 2.75) is 25.0 Å². The van der Waals surface area contributed by atoms with E-state index in [1.54, 1.807) is 12.0 Å². The molecule has 2 amide bonds. The van der Waals surface area contributed by atoms with Gasteiger partial charge in [0.05, 0.1) is 6.10 Å². The maximum atomic E-state index is 12.3. The third kappa shape index (κ3) is 4.09. The van der Waals surface area contributed by atoms with Crippen molar-refractivity contribution in [3.05, 3.63) is 48.0 Å². The maximum Gasteiger partial charge on any atom is 0.326 e. The van der Waals surface area contributed by atoms with Crippen LogP contribution in [0.1, 0.15) is 12.0 Å². The van der Waals surface area contributed by atoms with Gasteiger partial charge in [0.25, 0.3) is 0 Å². The van der Waals surface area contributed by atoms with E-state index in [9.17, 15) is 14.7 Å². The molecule has 25 heavy (non-hydrogen) atoms. The van der Waals surface area contributed by atoms with Crippen molar-refractivity contribution in [1.82, 2.24) is 10.2 Å². The first-order chi connectivity index (χ1) is 12.1. The number of amides is 2. The summed E-state index contributed by atoms with van der Waals surface area (Å²) < 4.78 is 5.24. The molecule has 0 aliphatic carbocycles. The fraction of sp³-hybridized carbons (Fsp3) is 0.368. The molecule has 6 nitrogen and oxygen atoms in total. The van der Waals surface area contributed by atoms with Gasteiger partial charge in [0, 0.05) is 26.6 Å². The second-order valence-corrected chi connectivity index (χ2v) is 6.32. The molecule has 2 aromatic carbocycles. The van der Waals surface area contributed by atoms with Crippen LogP contribution in [0.2, 0.25) is 0 Å². The lowest BCUT2D eigenvalue weighted by Crippen LogP contribution is -2.48. The van der Waals surface area contributed by atoms with Gasteiger partial charge in [-0.1, -0.05) is 42.5 Å². The summed E-state index contributed by atoms with van der Waals surface area (Å²) in [4.78, 5) is 25.5. The first-order valence-electron chi connectivity index (χ1n) is 8.35. The minimum absolute atomic E-state index is 0.0227. The molecule has 1 heterocycles. The highest BCUT2D eigenvalue weighted by atomic mass is 16.5. The van der Waals surface area contributed by atoms with Crippen molar-refractivity contribution in [3.8, 4) is 0 Å². The number of nitrogens with one attached hydrogen (secondary N) is 1. The third-order valence-corrected chi connectivity index (χ3v) is 4.62. The first kappa shape index (κ1) is 17.2. The number of carbonyl (C=O) groups is 2. The van der Waals surface area contributed by atoms with Gasteiger partial charge in [-0.2, -0.15) is 0 Å². The van der Waals surface area contributed by atoms with E-state index in [4.69, 9.17) is 4.74 Å². The lowest BCUT2D eigenvalue weighted by atomic mass is 10.0. The van der Waals surface area contributed by atoms with Crippen LogP contribution in [0.3, 0.4) is 0 Å². The van der Waals surface area contributed by atoms with Crippen molar-refractivity contribution in [2.24, 2.45) is 0 Å². The molecule has 2 aromatic rings. The van der Waals surface area contributed by atoms with E-state index in [2.05, 4.69) is 5.32 Å². The van der Waals surface area contributed by atoms with Crippen LogP contribution >= 0.6 is 0 Å². The molecule has 132 valence electrons. The van der Waals surface area contributed by atoms with Crippen LogP contribution in [-0.4, -0.2) is 54.4 Å². The molecule has 6 heteroatoms. The Labute approximate surface area is 146 Å². The zero-order valence-electron chi connectivity index (χ0n) is 14.1. The standard InChI is InChI=1S/C19H22N2O4/c1-25-16-8-9-21(12-16)19(24)20-17(18(22)23)11-13-6-7-14-4-2-3-5-15(14)10-13/h2-7,10,16-17H,8-9,11-12H2,1H3,(H,20,24)(H,22,23)/t16-,17-/m0/s1. The number of aliphatic carboxylic acids is 1. The molecule has 0 aromatic heterocycles. The number of methoxy groups -OCH3 is 1. The number of carbonyl (C=O) groups excluding carboxylic acids is 1. The van der Waals surface area contributed by atoms with E-state index < -0.39 is 12.0 Å². The monoisotopic (exact) mass is 342 g/mol. The van der Waals surface area contributed by atoms with E-state index in [1.807, 2.05) is 42.5 Å². The summed E-state index contributed by atoms with van der Waals surface area (Å²) in [7, 11) is 1.62. The van der Waals surface area contributed by atoms with Crippen LogP contribution in [0, 0.1) is 0 Å². The predicted molar refractivity (Wildman–Crippen MR) is 94.6 cm³/mol. The molecule has 2 N–H and O–H groups in total. The molecule has 0 bridgehead atoms. The molecule has 1 aliphatic heterocycles. The molecule has 1 aliphatic rings. The Morgan fingerprint density at radius 3 is 2.72 bits per heavy atom. The zero-order valence-corrected chi connectivity index (χ0v) is 14.1. The Hall–Kier alpha value is -2.60. The largest absolute Gasteiger partial charge is 0.480 e. The number of benzene rings is 2. The van der Waals surface area contributed by atoms with Crippen molar-refractivity contribution in [2.75, 3.05) is 20.2 Å². The van der Waals surface area contributed by atoms with Gasteiger partial charge in [-0.3, -0.25) is 0 Å². The number of carboxylic acid groups (broad SMARTS) is 1. The van der Waals surface area contributed by atoms with E-state index >= 15 is 0 Å². The molecular weight excluding hydrogens is 320 g/mol. The minimum atomic E-state index is -1.04. The predicted octanol–water partition coefficient (Wildman–Crippen LogP) is 2.27. The van der Waals surface area contributed by atoms with Crippen LogP contribution in [0.15, 0.2) is 42.5 Å². The molecule has 1 saturated heterocycles. The van der Waals surface area contributed by atoms with Gasteiger partial charge in [-0.15, -0.1) is 0 Å². The highest BCUT2D eigenvalue weighted by molar-refractivity contribution is 5.85. The normalized spacial score (nSPS) is 18.3. The van der Waals surface area contributed by atoms with Gasteiger partial charge in [0.15, 0.2) is 0 Å². The van der Waals surface area contributed by atoms with Gasteiger partial charge in [-0.25, -0.2) is 9.59 Å². The number of hydrogen-bond acceptors (Lipinski definition) is 3. The zero-order chi connectivity index (χ0) is 17.8. The van der Waals surface area contributed by atoms with Crippen LogP contribution in [0.4, 0.5) is 4.79 Å². The highest BCUT2D eigenvalue weighted by Crippen LogP contribution is 2.17. The number of nitrogens with zero attached hydrogens (tertiary/aromatic N) is 1. The molecule has 0 spiro atoms. The molecule has 1 fully saturated rings. The van der Waals surface area contributed by atoms with Gasteiger partial charge >= 0.3 is 12.0 Å². The van der Waals surface area contributed by atoms with Crippen molar-refractivity contribution in [3.63, 3.8) is 0 Å². The van der Waals surface area contributed by atoms with Crippen LogP contribution < -0.4 is 5.32 Å². The summed E-state index contributed by atoms with van der Waals surface area (Å²) in [5.74, 6) is -1.04. The van der Waals surface area contributed by atoms with Crippen LogP contribution in [0.25, 0.3) is 10.8 Å². The summed E-state index contributed by atoms with van der Waals surface area (Å²) in [5, 5.41) is 14.3. The second kappa shape index (κ2) is 7.53. The summed E-state index contributed by atoms with van der Waals surface area (Å²) in [6, 6.07) is 12.4. The Bertz CT molecular complexity index is 777. The number of carboxylic acids is 1. The SMILES string of the molecule is CO[C@H]1CCN(C(=O)N[C@@H](Cc2ccc3ccccc3c2)C(=O)O)C1. The number of ether oxygens (including phenoxy) is 1. The quantitative estimate of drug-likeness (QED) is 0.874. The highest BCUT2D eigenvalue weighted by Gasteiger charge is 2.29. The summed E-state index contributed by atoms with van der Waals surface area (Å²) >= 11 is 0. The number of likely N-dealkylation sites (tertiary alicyclic amines) is 1. The van der Waals surface area contributed by atoms with Gasteiger partial charge in [-0.05, 0) is 22.8 Å². The van der Waals surface area contributed by atoms with Gasteiger partial charge in [0.2, 0.25) is 0 Å². The molecule has 0 unspecified atom stereocenters. The smallest absolute Gasteiger partial charge is 0.326 e. The van der Waals surface area contributed by atoms with Crippen LogP contribution in [0.5, 0.6) is 0 Å². The first-order valence-corrected chi connectivity index (χ1v) is 8.35. The number of fused-ring (bicyclic) bond motifs is 1. The van der Waals surface area contributed by atoms with E-state index in [1.165, 1.54) is 0 Å². The summed E-state index contributed by atoms with van der Waals surface area (Å²) in [5.41, 5.74) is 0.877. The molecule has 3 rings (SSSR count). The van der Waals surface area contributed by atoms with Crippen molar-refractivity contribution < 1.29 is 19.4 Å². The average molecular weight is 342 g/mol. The molecular formula is C19H22N2O4. The van der Waals surface area contributed by atoms with E-state index in [0.717, 1.165) is 22.8 Å². The number of rotatable bonds is 5. The summed E-state index contributed by atoms with van der Waals surface area (Å²) in [6.07, 6.45) is 1.04. The van der Waals surface area contributed by atoms with Crippen molar-refractivity contribution >= 4 is 22.8 Å². The Morgan fingerprint density at radius 1 is 1.28 bits per heavy atom. The fourth-order valence-electron chi connectivity index (χ4n) is 3.15. The van der Waals surface area contributed by atoms with E-state index in [0.29, 0.717) is 13.1 Å². The van der Waals surface area contributed by atoms with Gasteiger partial charge < -0.3 is 20.1 Å². The Morgan fingerprint density at radius 2 is 2.04 bits per heavy atom. The molecule has 0 radical (unpaired) electrons. The summed E-state index contributed by atoms with van der Waals surface area (Å²) in [6.45, 7) is 1.07. The van der Waals surface area contributed by atoms with Crippen LogP contribution in [-0.2, 0) is 16.0 Å². The number of urea groups is 1. The Balaban J connectivity index is 1.68. The average Bonchev–Trinajstić information content (AvgIpc) is 3.10. The second-order valence-electron chi connectivity index (χ2n) is 6.32. The molecule has 2 atom stereocenters. The van der Waals surface area contributed by atoms with Crippen molar-refractivity contribution in [1.29, 1.82) is 0 Å². The van der Waals surface area contributed by atoms with Gasteiger partial charge in [0.1, 0.15) is 6.04 Å². The molecule has 0 saturated carbocycles. The maximum absolute atomic E-state index is 12.3. The lowest BCUT2D eigenvalue weighted by Gasteiger charge is -2.21. The minimum Gasteiger partial charge on any atom is -0.480 e. The third-order valence-electron chi connectivity index (χ3n) is 4.62. The number of hydrogen-bond donors (Lipinski definition) is 2. The Kier molecular flexibility index (Phi) is 5.19. The topological polar surface area (TPSA) is 78.9 Å². The lowest BCUT2D eigenvalue weighted by molar-refractivity contribution is -0.139. The van der Waals surface area contributed by atoms with E-state index in [-0.39, 0.29) is 18.6 Å².